The lowest BCUT2D eigenvalue weighted by Gasteiger charge is -2.23. The van der Waals surface area contributed by atoms with Gasteiger partial charge in [0.25, 0.3) is 0 Å². The Morgan fingerprint density at radius 2 is 2.20 bits per heavy atom. The van der Waals surface area contributed by atoms with Crippen molar-refractivity contribution in [1.29, 1.82) is 0 Å². The lowest BCUT2D eigenvalue weighted by Crippen LogP contribution is -2.46. The van der Waals surface area contributed by atoms with Crippen LogP contribution in [-0.4, -0.2) is 51.2 Å². The van der Waals surface area contributed by atoms with Gasteiger partial charge in [-0.15, -0.1) is 5.10 Å². The molecule has 1 aromatic heterocycles. The summed E-state index contributed by atoms with van der Waals surface area (Å²) in [7, 11) is 0. The Kier molecular flexibility index (Phi) is 4.88. The average molecular weight is 282 g/mol. The predicted molar refractivity (Wildman–Crippen MR) is 68.9 cm³/mol. The molecule has 0 bridgehead atoms. The number of urea groups is 1. The van der Waals surface area contributed by atoms with Crippen molar-refractivity contribution in [1.82, 2.24) is 30.9 Å². The maximum Gasteiger partial charge on any atom is 0.325 e. The van der Waals surface area contributed by atoms with E-state index >= 15 is 0 Å². The van der Waals surface area contributed by atoms with Gasteiger partial charge in [-0.1, -0.05) is 5.21 Å². The normalized spacial score (nSPS) is 15.8. The lowest BCUT2D eigenvalue weighted by molar-refractivity contribution is -0.137. The summed E-state index contributed by atoms with van der Waals surface area (Å²) < 4.78 is 1.21. The summed E-state index contributed by atoms with van der Waals surface area (Å²) in [5.74, 6) is -0.988. The number of aliphatic carboxylic acids is 1. The number of aromatic nitrogens is 3. The van der Waals surface area contributed by atoms with Crippen LogP contribution in [0.25, 0.3) is 0 Å². The Labute approximate surface area is 115 Å². The van der Waals surface area contributed by atoms with Crippen LogP contribution < -0.4 is 16.0 Å². The van der Waals surface area contributed by atoms with Crippen molar-refractivity contribution < 1.29 is 14.7 Å². The van der Waals surface area contributed by atoms with Crippen molar-refractivity contribution in [2.75, 3.05) is 13.1 Å². The number of carboxylic acid groups (broad SMARTS) is 1. The smallest absolute Gasteiger partial charge is 0.325 e. The standard InChI is InChI=1S/C11H18N6O3/c18-10(19)7-17-6-9(15-16-17)5-13-11(20)14-8-1-3-12-4-2-8/h6,8,12H,1-5,7H2,(H,18,19)(H2,13,14,20). The molecule has 1 saturated heterocycles. The second-order valence-corrected chi connectivity index (χ2v) is 4.65. The molecule has 2 heterocycles. The molecule has 2 rings (SSSR count). The van der Waals surface area contributed by atoms with E-state index in [4.69, 9.17) is 5.11 Å². The van der Waals surface area contributed by atoms with Gasteiger partial charge in [0.1, 0.15) is 12.2 Å². The summed E-state index contributed by atoms with van der Waals surface area (Å²) in [6.07, 6.45) is 3.34. The molecule has 1 aliphatic heterocycles. The number of piperidine rings is 1. The highest BCUT2D eigenvalue weighted by Crippen LogP contribution is 2.01. The van der Waals surface area contributed by atoms with Crippen LogP contribution in [0, 0.1) is 0 Å². The van der Waals surface area contributed by atoms with E-state index in [2.05, 4.69) is 26.3 Å². The molecule has 0 aliphatic carbocycles. The van der Waals surface area contributed by atoms with Gasteiger partial charge < -0.3 is 21.1 Å². The summed E-state index contributed by atoms with van der Waals surface area (Å²) in [4.78, 5) is 22.2. The van der Waals surface area contributed by atoms with Gasteiger partial charge in [-0.05, 0) is 25.9 Å². The molecule has 2 amide bonds. The number of carbonyl (C=O) groups is 2. The Morgan fingerprint density at radius 3 is 2.90 bits per heavy atom. The molecule has 9 heteroatoms. The molecule has 110 valence electrons. The number of carboxylic acids is 1. The van der Waals surface area contributed by atoms with Crippen LogP contribution in [0.15, 0.2) is 6.20 Å². The van der Waals surface area contributed by atoms with Crippen molar-refractivity contribution in [3.8, 4) is 0 Å². The first kappa shape index (κ1) is 14.3. The van der Waals surface area contributed by atoms with Gasteiger partial charge in [0.05, 0.1) is 12.7 Å². The third kappa shape index (κ3) is 4.50. The van der Waals surface area contributed by atoms with Gasteiger partial charge in [-0.2, -0.15) is 0 Å². The van der Waals surface area contributed by atoms with E-state index in [1.807, 2.05) is 0 Å². The molecule has 0 aromatic carbocycles. The van der Waals surface area contributed by atoms with E-state index in [0.717, 1.165) is 25.9 Å². The van der Waals surface area contributed by atoms with Gasteiger partial charge >= 0.3 is 12.0 Å². The molecule has 9 nitrogen and oxygen atoms in total. The molecule has 4 N–H and O–H groups in total. The van der Waals surface area contributed by atoms with E-state index in [1.54, 1.807) is 0 Å². The van der Waals surface area contributed by atoms with Crippen LogP contribution in [-0.2, 0) is 17.9 Å². The fraction of sp³-hybridized carbons (Fsp3) is 0.636. The van der Waals surface area contributed by atoms with Gasteiger partial charge in [0.15, 0.2) is 0 Å². The lowest BCUT2D eigenvalue weighted by atomic mass is 10.1. The number of nitrogens with zero attached hydrogens (tertiary/aromatic N) is 3. The fourth-order valence-electron chi connectivity index (χ4n) is 2.01. The van der Waals surface area contributed by atoms with Crippen LogP contribution in [0.2, 0.25) is 0 Å². The number of hydrogen-bond acceptors (Lipinski definition) is 5. The van der Waals surface area contributed by atoms with E-state index in [0.29, 0.717) is 5.69 Å². The molecule has 1 fully saturated rings. The van der Waals surface area contributed by atoms with Crippen LogP contribution >= 0.6 is 0 Å². The molecule has 0 saturated carbocycles. The van der Waals surface area contributed by atoms with Crippen LogP contribution in [0.1, 0.15) is 18.5 Å². The first-order chi connectivity index (χ1) is 9.63. The Hall–Kier alpha value is -2.16. The van der Waals surface area contributed by atoms with Crippen LogP contribution in [0.3, 0.4) is 0 Å². The number of nitrogens with one attached hydrogen (secondary N) is 3. The van der Waals surface area contributed by atoms with Crippen molar-refractivity contribution in [3.05, 3.63) is 11.9 Å². The SMILES string of the molecule is O=C(O)Cn1cc(CNC(=O)NC2CCNCC2)nn1. The third-order valence-electron chi connectivity index (χ3n) is 2.99. The average Bonchev–Trinajstić information content (AvgIpc) is 2.84. The third-order valence-corrected chi connectivity index (χ3v) is 2.99. The van der Waals surface area contributed by atoms with E-state index in [9.17, 15) is 9.59 Å². The second-order valence-electron chi connectivity index (χ2n) is 4.65. The molecule has 0 atom stereocenters. The topological polar surface area (TPSA) is 121 Å². The molecule has 0 unspecified atom stereocenters. The minimum Gasteiger partial charge on any atom is -0.480 e. The largest absolute Gasteiger partial charge is 0.480 e. The highest BCUT2D eigenvalue weighted by atomic mass is 16.4. The first-order valence-corrected chi connectivity index (χ1v) is 6.49. The summed E-state index contributed by atoms with van der Waals surface area (Å²) in [6, 6.07) is -0.0522. The number of hydrogen-bond donors (Lipinski definition) is 4. The van der Waals surface area contributed by atoms with E-state index in [-0.39, 0.29) is 25.2 Å². The zero-order valence-corrected chi connectivity index (χ0v) is 11.0. The second kappa shape index (κ2) is 6.85. The van der Waals surface area contributed by atoms with Gasteiger partial charge in [-0.3, -0.25) is 4.79 Å². The number of rotatable bonds is 5. The van der Waals surface area contributed by atoms with E-state index in [1.165, 1.54) is 10.9 Å². The Balaban J connectivity index is 1.72. The van der Waals surface area contributed by atoms with Crippen molar-refractivity contribution in [2.24, 2.45) is 0 Å². The van der Waals surface area contributed by atoms with Crippen LogP contribution in [0.5, 0.6) is 0 Å². The van der Waals surface area contributed by atoms with Gasteiger partial charge in [0, 0.05) is 6.04 Å². The maximum atomic E-state index is 11.7. The zero-order chi connectivity index (χ0) is 14.4. The summed E-state index contributed by atoms with van der Waals surface area (Å²) in [5, 5.41) is 24.8. The first-order valence-electron chi connectivity index (χ1n) is 6.49. The fourth-order valence-corrected chi connectivity index (χ4v) is 2.01. The monoisotopic (exact) mass is 282 g/mol. The van der Waals surface area contributed by atoms with Crippen LogP contribution in [0.4, 0.5) is 4.79 Å². The maximum absolute atomic E-state index is 11.7. The molecule has 1 aliphatic rings. The minimum absolute atomic E-state index is 0.193. The Bertz CT molecular complexity index is 468. The molecule has 0 spiro atoms. The highest BCUT2D eigenvalue weighted by molar-refractivity contribution is 5.74. The van der Waals surface area contributed by atoms with Crippen molar-refractivity contribution in [2.45, 2.75) is 32.0 Å². The van der Waals surface area contributed by atoms with Gasteiger partial charge in [0.2, 0.25) is 0 Å². The van der Waals surface area contributed by atoms with Crippen molar-refractivity contribution in [3.63, 3.8) is 0 Å². The molecule has 1 aromatic rings. The zero-order valence-electron chi connectivity index (χ0n) is 11.0. The molecular weight excluding hydrogens is 264 g/mol. The molecular formula is C11H18N6O3. The number of carbonyl (C=O) groups excluding carboxylic acids is 1. The molecule has 0 radical (unpaired) electrons. The van der Waals surface area contributed by atoms with Crippen molar-refractivity contribution >= 4 is 12.0 Å². The van der Waals surface area contributed by atoms with E-state index < -0.39 is 5.97 Å². The Morgan fingerprint density at radius 1 is 1.45 bits per heavy atom. The summed E-state index contributed by atoms with van der Waals surface area (Å²) >= 11 is 0. The predicted octanol–water partition coefficient (Wildman–Crippen LogP) is -1.09. The highest BCUT2D eigenvalue weighted by Gasteiger charge is 2.15. The quantitative estimate of drug-likeness (QED) is 0.545. The minimum atomic E-state index is -0.988. The van der Waals surface area contributed by atoms with Gasteiger partial charge in [-0.25, -0.2) is 9.48 Å². The molecule has 20 heavy (non-hydrogen) atoms. The summed E-state index contributed by atoms with van der Waals surface area (Å²) in [6.45, 7) is 1.80. The summed E-state index contributed by atoms with van der Waals surface area (Å²) in [5.41, 5.74) is 0.520. The number of amides is 2.